The number of anilines is 3. The van der Waals surface area contributed by atoms with Crippen molar-refractivity contribution in [3.63, 3.8) is 0 Å². The fourth-order valence-electron chi connectivity index (χ4n) is 2.03. The normalized spacial score (nSPS) is 10.1. The summed E-state index contributed by atoms with van der Waals surface area (Å²) >= 11 is 0. The van der Waals surface area contributed by atoms with Crippen LogP contribution in [0.4, 0.5) is 17.3 Å². The molecule has 0 saturated carbocycles. The number of rotatable bonds is 3. The average molecular weight is 267 g/mol. The lowest BCUT2D eigenvalue weighted by atomic mass is 10.1. The van der Waals surface area contributed by atoms with Gasteiger partial charge in [0.1, 0.15) is 23.5 Å². The average Bonchev–Trinajstić information content (AvgIpc) is 2.49. The molecular formula is C15H17N5. The van der Waals surface area contributed by atoms with E-state index in [-0.39, 0.29) is 0 Å². The van der Waals surface area contributed by atoms with Gasteiger partial charge in [-0.05, 0) is 19.1 Å². The van der Waals surface area contributed by atoms with Crippen LogP contribution in [0.3, 0.4) is 0 Å². The van der Waals surface area contributed by atoms with Crippen molar-refractivity contribution >= 4 is 17.3 Å². The van der Waals surface area contributed by atoms with Crippen LogP contribution in [-0.4, -0.2) is 17.0 Å². The van der Waals surface area contributed by atoms with Crippen molar-refractivity contribution in [2.24, 2.45) is 0 Å². The Hall–Kier alpha value is -2.61. The van der Waals surface area contributed by atoms with Gasteiger partial charge in [-0.25, -0.2) is 9.97 Å². The highest BCUT2D eigenvalue weighted by Crippen LogP contribution is 2.29. The largest absolute Gasteiger partial charge is 0.383 e. The van der Waals surface area contributed by atoms with Crippen molar-refractivity contribution in [3.05, 3.63) is 41.2 Å². The van der Waals surface area contributed by atoms with Crippen molar-refractivity contribution in [1.29, 1.82) is 5.26 Å². The zero-order valence-electron chi connectivity index (χ0n) is 11.9. The number of hydrogen-bond donors (Lipinski definition) is 1. The predicted octanol–water partition coefficient (Wildman–Crippen LogP) is 2.57. The minimum Gasteiger partial charge on any atom is -0.383 e. The minimum atomic E-state index is 0.480. The highest BCUT2D eigenvalue weighted by molar-refractivity contribution is 5.70. The van der Waals surface area contributed by atoms with E-state index in [1.807, 2.05) is 44.0 Å². The molecule has 1 heterocycles. The summed E-state index contributed by atoms with van der Waals surface area (Å²) in [6, 6.07) is 9.61. The van der Waals surface area contributed by atoms with Gasteiger partial charge in [0.05, 0.1) is 11.3 Å². The lowest BCUT2D eigenvalue weighted by Gasteiger charge is -2.22. The van der Waals surface area contributed by atoms with E-state index in [4.69, 9.17) is 5.73 Å². The summed E-state index contributed by atoms with van der Waals surface area (Å²) in [5, 5.41) is 9.20. The van der Waals surface area contributed by atoms with Gasteiger partial charge in [0.15, 0.2) is 0 Å². The first-order valence-corrected chi connectivity index (χ1v) is 6.44. The number of nitriles is 1. The van der Waals surface area contributed by atoms with E-state index in [9.17, 15) is 5.26 Å². The summed E-state index contributed by atoms with van der Waals surface area (Å²) < 4.78 is 0. The van der Waals surface area contributed by atoms with Crippen molar-refractivity contribution in [1.82, 2.24) is 9.97 Å². The van der Waals surface area contributed by atoms with Gasteiger partial charge in [-0.15, -0.1) is 0 Å². The smallest absolute Gasteiger partial charge is 0.141 e. The standard InChI is InChI=1S/C15H17N5/c1-4-13-18-14(17)10(2)15(19-13)20(3)12-8-6-5-7-11(12)9-16/h5-8H,4H2,1-3H3,(H2,17,18,19). The summed E-state index contributed by atoms with van der Waals surface area (Å²) in [5.41, 5.74) is 8.16. The van der Waals surface area contributed by atoms with Gasteiger partial charge >= 0.3 is 0 Å². The number of nitrogen functional groups attached to an aromatic ring is 1. The Labute approximate surface area is 118 Å². The van der Waals surface area contributed by atoms with Crippen LogP contribution in [0.1, 0.15) is 23.9 Å². The van der Waals surface area contributed by atoms with Crippen LogP contribution in [0.25, 0.3) is 0 Å². The Bertz CT molecular complexity index is 672. The first-order valence-electron chi connectivity index (χ1n) is 6.44. The van der Waals surface area contributed by atoms with Gasteiger partial charge < -0.3 is 10.6 Å². The number of hydrogen-bond acceptors (Lipinski definition) is 5. The first-order chi connectivity index (χ1) is 9.58. The molecule has 0 spiro atoms. The summed E-state index contributed by atoms with van der Waals surface area (Å²) in [6.07, 6.45) is 0.714. The predicted molar refractivity (Wildman–Crippen MR) is 79.8 cm³/mol. The van der Waals surface area contributed by atoms with E-state index in [0.717, 1.165) is 17.1 Å². The second kappa shape index (κ2) is 5.57. The fraction of sp³-hybridized carbons (Fsp3) is 0.267. The van der Waals surface area contributed by atoms with Crippen LogP contribution >= 0.6 is 0 Å². The topological polar surface area (TPSA) is 78.8 Å². The van der Waals surface area contributed by atoms with Gasteiger partial charge in [-0.2, -0.15) is 5.26 Å². The second-order valence-electron chi connectivity index (χ2n) is 4.52. The molecule has 2 rings (SSSR count). The maximum Gasteiger partial charge on any atom is 0.141 e. The number of aromatic nitrogens is 2. The number of para-hydroxylation sites is 1. The maximum absolute atomic E-state index is 9.20. The summed E-state index contributed by atoms with van der Waals surface area (Å²) in [7, 11) is 1.88. The van der Waals surface area contributed by atoms with Crippen LogP contribution < -0.4 is 10.6 Å². The zero-order chi connectivity index (χ0) is 14.7. The summed E-state index contributed by atoms with van der Waals surface area (Å²) in [4.78, 5) is 10.7. The van der Waals surface area contributed by atoms with Gasteiger partial charge in [0.2, 0.25) is 0 Å². The van der Waals surface area contributed by atoms with Crippen LogP contribution in [-0.2, 0) is 6.42 Å². The molecule has 0 atom stereocenters. The molecule has 0 aliphatic carbocycles. The minimum absolute atomic E-state index is 0.480. The molecule has 0 radical (unpaired) electrons. The number of benzene rings is 1. The third-order valence-electron chi connectivity index (χ3n) is 3.22. The zero-order valence-corrected chi connectivity index (χ0v) is 11.9. The number of nitrogens with two attached hydrogens (primary N) is 1. The van der Waals surface area contributed by atoms with Gasteiger partial charge in [-0.1, -0.05) is 19.1 Å². The first kappa shape index (κ1) is 13.8. The third kappa shape index (κ3) is 2.41. The molecule has 0 fully saturated rings. The molecule has 0 unspecified atom stereocenters. The lowest BCUT2D eigenvalue weighted by Crippen LogP contribution is -2.17. The molecule has 5 heteroatoms. The molecule has 1 aromatic heterocycles. The van der Waals surface area contributed by atoms with Crippen LogP contribution in [0.5, 0.6) is 0 Å². The molecule has 0 aliphatic heterocycles. The van der Waals surface area contributed by atoms with E-state index < -0.39 is 0 Å². The molecule has 0 aliphatic rings. The summed E-state index contributed by atoms with van der Waals surface area (Å²) in [6.45, 7) is 3.87. The van der Waals surface area contributed by atoms with E-state index in [1.54, 1.807) is 6.07 Å². The second-order valence-corrected chi connectivity index (χ2v) is 4.52. The molecule has 2 aromatic rings. The Morgan fingerprint density at radius 1 is 1.30 bits per heavy atom. The maximum atomic E-state index is 9.20. The van der Waals surface area contributed by atoms with Crippen molar-refractivity contribution < 1.29 is 0 Å². The van der Waals surface area contributed by atoms with Crippen molar-refractivity contribution in [2.45, 2.75) is 20.3 Å². The molecule has 102 valence electrons. The molecule has 2 N–H and O–H groups in total. The third-order valence-corrected chi connectivity index (χ3v) is 3.22. The van der Waals surface area contributed by atoms with E-state index in [2.05, 4.69) is 16.0 Å². The van der Waals surface area contributed by atoms with E-state index in [1.165, 1.54) is 0 Å². The highest BCUT2D eigenvalue weighted by Gasteiger charge is 2.15. The van der Waals surface area contributed by atoms with E-state index in [0.29, 0.717) is 23.6 Å². The van der Waals surface area contributed by atoms with Crippen molar-refractivity contribution in [2.75, 3.05) is 17.7 Å². The van der Waals surface area contributed by atoms with Crippen molar-refractivity contribution in [3.8, 4) is 6.07 Å². The molecule has 1 aromatic carbocycles. The molecular weight excluding hydrogens is 250 g/mol. The highest BCUT2D eigenvalue weighted by atomic mass is 15.2. The summed E-state index contributed by atoms with van der Waals surface area (Å²) in [5.74, 6) is 1.91. The fourth-order valence-corrected chi connectivity index (χ4v) is 2.03. The van der Waals surface area contributed by atoms with Gasteiger partial charge in [0, 0.05) is 19.0 Å². The van der Waals surface area contributed by atoms with Crippen LogP contribution in [0.15, 0.2) is 24.3 Å². The molecule has 20 heavy (non-hydrogen) atoms. The molecule has 0 bridgehead atoms. The Kier molecular flexibility index (Phi) is 3.85. The van der Waals surface area contributed by atoms with Crippen LogP contribution in [0, 0.1) is 18.3 Å². The number of aryl methyl sites for hydroxylation is 1. The van der Waals surface area contributed by atoms with Gasteiger partial charge in [-0.3, -0.25) is 0 Å². The Morgan fingerprint density at radius 3 is 2.65 bits per heavy atom. The molecule has 0 saturated heterocycles. The quantitative estimate of drug-likeness (QED) is 0.924. The molecule has 5 nitrogen and oxygen atoms in total. The van der Waals surface area contributed by atoms with Crippen LogP contribution in [0.2, 0.25) is 0 Å². The Balaban J connectivity index is 2.56. The van der Waals surface area contributed by atoms with Gasteiger partial charge in [0.25, 0.3) is 0 Å². The van der Waals surface area contributed by atoms with E-state index >= 15 is 0 Å². The number of nitrogens with zero attached hydrogens (tertiary/aromatic N) is 4. The molecule has 0 amide bonds. The Morgan fingerprint density at radius 2 is 2.00 bits per heavy atom. The lowest BCUT2D eigenvalue weighted by molar-refractivity contribution is 0.920. The SMILES string of the molecule is CCc1nc(N)c(C)c(N(C)c2ccccc2C#N)n1. The monoisotopic (exact) mass is 267 g/mol.